The summed E-state index contributed by atoms with van der Waals surface area (Å²) in [6.45, 7) is 6.83. The molecule has 194 valence electrons. The van der Waals surface area contributed by atoms with Gasteiger partial charge in [0.1, 0.15) is 0 Å². The first-order valence-corrected chi connectivity index (χ1v) is 14.8. The number of amides is 1. The third-order valence-electron chi connectivity index (χ3n) is 6.11. The highest BCUT2D eigenvalue weighted by molar-refractivity contribution is 7.89. The van der Waals surface area contributed by atoms with Crippen molar-refractivity contribution in [1.82, 2.24) is 14.3 Å². The number of nitrogens with zero attached hydrogens (tertiary/aromatic N) is 4. The molecule has 0 N–H and O–H groups in total. The molecule has 37 heavy (non-hydrogen) atoms. The normalized spacial score (nSPS) is 11.8. The minimum absolute atomic E-state index is 0.170. The Labute approximate surface area is 226 Å². The van der Waals surface area contributed by atoms with Crippen molar-refractivity contribution in [2.24, 2.45) is 0 Å². The maximum Gasteiger partial charge on any atom is 0.260 e. The Hall–Kier alpha value is -2.85. The number of benzene rings is 2. The maximum atomic E-state index is 13.7. The Morgan fingerprint density at radius 3 is 2.46 bits per heavy atom. The number of carbonyl (C=O) groups excluding carboxylic acids is 1. The average molecular weight is 557 g/mol. The zero-order valence-electron chi connectivity index (χ0n) is 21.0. The molecule has 10 heteroatoms. The molecule has 0 aliphatic rings. The lowest BCUT2D eigenvalue weighted by atomic mass is 10.2. The van der Waals surface area contributed by atoms with Crippen LogP contribution in [0.2, 0.25) is 5.02 Å². The van der Waals surface area contributed by atoms with Gasteiger partial charge in [0.2, 0.25) is 10.0 Å². The van der Waals surface area contributed by atoms with Gasteiger partial charge < -0.3 is 0 Å². The van der Waals surface area contributed by atoms with Crippen molar-refractivity contribution in [2.45, 2.75) is 45.1 Å². The number of hydrogen-bond acceptors (Lipinski definition) is 6. The molecule has 7 nitrogen and oxygen atoms in total. The van der Waals surface area contributed by atoms with Crippen molar-refractivity contribution >= 4 is 54.2 Å². The highest BCUT2D eigenvalue weighted by Crippen LogP contribution is 2.34. The van der Waals surface area contributed by atoms with E-state index in [1.165, 1.54) is 27.8 Å². The fraction of sp³-hybridized carbons (Fsp3) is 0.296. The molecule has 0 fully saturated rings. The van der Waals surface area contributed by atoms with Crippen LogP contribution in [0.25, 0.3) is 10.2 Å². The van der Waals surface area contributed by atoms with Gasteiger partial charge in [0.25, 0.3) is 5.91 Å². The highest BCUT2D eigenvalue weighted by Gasteiger charge is 2.26. The van der Waals surface area contributed by atoms with Crippen LogP contribution in [0.3, 0.4) is 0 Å². The van der Waals surface area contributed by atoms with Gasteiger partial charge >= 0.3 is 0 Å². The number of sulfonamides is 1. The van der Waals surface area contributed by atoms with Gasteiger partial charge in [-0.2, -0.15) is 4.31 Å². The van der Waals surface area contributed by atoms with Gasteiger partial charge in [0.15, 0.2) is 5.13 Å². The third kappa shape index (κ3) is 5.85. The number of halogens is 1. The van der Waals surface area contributed by atoms with E-state index in [9.17, 15) is 13.2 Å². The number of anilines is 1. The Bertz CT molecular complexity index is 1490. The topological polar surface area (TPSA) is 83.5 Å². The summed E-state index contributed by atoms with van der Waals surface area (Å²) in [7, 11) is -3.64. The lowest BCUT2D eigenvalue weighted by Gasteiger charge is -2.21. The fourth-order valence-electron chi connectivity index (χ4n) is 3.94. The van der Waals surface area contributed by atoms with Crippen molar-refractivity contribution in [3.05, 3.63) is 82.6 Å². The number of pyridine rings is 1. The first-order chi connectivity index (χ1) is 17.8. The molecule has 4 aromatic rings. The van der Waals surface area contributed by atoms with Crippen LogP contribution in [-0.2, 0) is 16.6 Å². The minimum atomic E-state index is -3.64. The van der Waals surface area contributed by atoms with Gasteiger partial charge in [0.05, 0.1) is 27.4 Å². The van der Waals surface area contributed by atoms with Crippen LogP contribution in [-0.4, -0.2) is 41.7 Å². The van der Waals surface area contributed by atoms with Crippen LogP contribution < -0.4 is 4.90 Å². The second kappa shape index (κ2) is 11.7. The molecule has 0 spiro atoms. The fourth-order valence-corrected chi connectivity index (χ4v) is 6.60. The second-order valence-corrected chi connectivity index (χ2v) is 12.0. The van der Waals surface area contributed by atoms with Crippen molar-refractivity contribution in [3.8, 4) is 0 Å². The van der Waals surface area contributed by atoms with Crippen LogP contribution in [0, 0.1) is 6.92 Å². The second-order valence-electron chi connectivity index (χ2n) is 8.60. The number of fused-ring (bicyclic) bond motifs is 1. The van der Waals surface area contributed by atoms with Crippen molar-refractivity contribution in [1.29, 1.82) is 0 Å². The number of aromatic nitrogens is 2. The maximum absolute atomic E-state index is 13.7. The molecule has 0 aliphatic carbocycles. The van der Waals surface area contributed by atoms with Gasteiger partial charge in [0, 0.05) is 29.9 Å². The molecule has 2 heterocycles. The molecule has 0 radical (unpaired) electrons. The number of unbranched alkanes of at least 4 members (excludes halogenated alkanes) is 1. The molecule has 4 rings (SSSR count). The molecule has 0 aliphatic heterocycles. The van der Waals surface area contributed by atoms with E-state index < -0.39 is 10.0 Å². The predicted molar refractivity (Wildman–Crippen MR) is 150 cm³/mol. The molecule has 0 bridgehead atoms. The van der Waals surface area contributed by atoms with Crippen LogP contribution in [0.1, 0.15) is 48.3 Å². The highest BCUT2D eigenvalue weighted by atomic mass is 35.5. The number of carbonyl (C=O) groups is 1. The first kappa shape index (κ1) is 27.2. The van der Waals surface area contributed by atoms with Crippen molar-refractivity contribution in [2.75, 3.05) is 18.0 Å². The van der Waals surface area contributed by atoms with Crippen LogP contribution in [0.5, 0.6) is 0 Å². The molecule has 0 saturated heterocycles. The number of hydrogen-bond donors (Lipinski definition) is 0. The molecule has 1 amide bonds. The predicted octanol–water partition coefficient (Wildman–Crippen LogP) is 6.31. The van der Waals surface area contributed by atoms with Crippen molar-refractivity contribution < 1.29 is 13.2 Å². The molecule has 2 aromatic heterocycles. The standard InChI is InChI=1S/C27H29ClN4O3S2/c1-4-6-17-31(5-2)37(34,35)22-12-10-20(11-13-22)26(33)32(18-21-9-7-8-16-29-21)27-30-25-19(3)23(28)14-15-24(25)36-27/h7-16H,4-6,17-18H2,1-3H3. The van der Waals surface area contributed by atoms with E-state index in [0.29, 0.717) is 34.5 Å². The van der Waals surface area contributed by atoms with E-state index >= 15 is 0 Å². The minimum Gasteiger partial charge on any atom is -0.278 e. The first-order valence-electron chi connectivity index (χ1n) is 12.1. The Morgan fingerprint density at radius 1 is 1.05 bits per heavy atom. The molecule has 0 atom stereocenters. The summed E-state index contributed by atoms with van der Waals surface area (Å²) >= 11 is 7.70. The number of rotatable bonds is 10. The van der Waals surface area contributed by atoms with Gasteiger partial charge in [-0.15, -0.1) is 0 Å². The Kier molecular flexibility index (Phi) is 8.59. The lowest BCUT2D eigenvalue weighted by Crippen LogP contribution is -2.32. The van der Waals surface area contributed by atoms with Gasteiger partial charge in [-0.3, -0.25) is 14.7 Å². The molecular weight excluding hydrogens is 528 g/mol. The molecule has 0 unspecified atom stereocenters. The summed E-state index contributed by atoms with van der Waals surface area (Å²) in [6.07, 6.45) is 3.37. The zero-order chi connectivity index (χ0) is 26.6. The lowest BCUT2D eigenvalue weighted by molar-refractivity contribution is 0.0984. The third-order valence-corrected chi connectivity index (χ3v) is 9.55. The molecule has 2 aromatic carbocycles. The Balaban J connectivity index is 1.69. The van der Waals surface area contributed by atoms with E-state index in [1.807, 2.05) is 51.1 Å². The van der Waals surface area contributed by atoms with Crippen molar-refractivity contribution in [3.63, 3.8) is 0 Å². The van der Waals surface area contributed by atoms with Crippen LogP contribution >= 0.6 is 22.9 Å². The average Bonchev–Trinajstić information content (AvgIpc) is 3.35. The van der Waals surface area contributed by atoms with Gasteiger partial charge in [-0.05, 0) is 67.4 Å². The van der Waals surface area contributed by atoms with Gasteiger partial charge in [-0.1, -0.05) is 49.3 Å². The van der Waals surface area contributed by atoms with E-state index in [-0.39, 0.29) is 17.3 Å². The zero-order valence-corrected chi connectivity index (χ0v) is 23.4. The Morgan fingerprint density at radius 2 is 1.81 bits per heavy atom. The quantitative estimate of drug-likeness (QED) is 0.228. The number of aryl methyl sites for hydroxylation is 1. The summed E-state index contributed by atoms with van der Waals surface area (Å²) in [5.74, 6) is -0.296. The monoisotopic (exact) mass is 556 g/mol. The smallest absolute Gasteiger partial charge is 0.260 e. The van der Waals surface area contributed by atoms with E-state index in [1.54, 1.807) is 23.2 Å². The van der Waals surface area contributed by atoms with E-state index in [2.05, 4.69) is 4.98 Å². The van der Waals surface area contributed by atoms with E-state index in [4.69, 9.17) is 16.6 Å². The summed E-state index contributed by atoms with van der Waals surface area (Å²) < 4.78 is 28.6. The number of thiazole rings is 1. The van der Waals surface area contributed by atoms with Crippen LogP contribution in [0.15, 0.2) is 65.7 Å². The molecule has 0 saturated carbocycles. The summed E-state index contributed by atoms with van der Waals surface area (Å²) in [5.41, 5.74) is 2.67. The summed E-state index contributed by atoms with van der Waals surface area (Å²) in [4.78, 5) is 24.6. The largest absolute Gasteiger partial charge is 0.278 e. The summed E-state index contributed by atoms with van der Waals surface area (Å²) in [6, 6.07) is 15.4. The summed E-state index contributed by atoms with van der Waals surface area (Å²) in [5, 5.41) is 1.13. The van der Waals surface area contributed by atoms with Crippen LogP contribution in [0.4, 0.5) is 5.13 Å². The SMILES string of the molecule is CCCCN(CC)S(=O)(=O)c1ccc(C(=O)N(Cc2ccccn2)c2nc3c(C)c(Cl)ccc3s2)cc1. The van der Waals surface area contributed by atoms with Gasteiger partial charge in [-0.25, -0.2) is 13.4 Å². The van der Waals surface area contributed by atoms with E-state index in [0.717, 1.165) is 28.6 Å². The molecular formula is C27H29ClN4O3S2.